The van der Waals surface area contributed by atoms with E-state index in [9.17, 15) is 4.79 Å². The average Bonchev–Trinajstić information content (AvgIpc) is 3.08. The fourth-order valence-electron chi connectivity index (χ4n) is 1.89. The molecule has 0 bridgehead atoms. The smallest absolute Gasteiger partial charge is 0.230 e. The Kier molecular flexibility index (Phi) is 4.95. The number of carbonyl (C=O) groups is 1. The van der Waals surface area contributed by atoms with Crippen LogP contribution >= 0.6 is 11.8 Å². The molecule has 1 N–H and O–H groups in total. The van der Waals surface area contributed by atoms with Crippen LogP contribution in [0.4, 0.5) is 0 Å². The Bertz CT molecular complexity index is 762. The number of tetrazole rings is 1. The zero-order valence-electron chi connectivity index (χ0n) is 12.2. The number of benzene rings is 1. The average molecular weight is 326 g/mol. The van der Waals surface area contributed by atoms with E-state index in [1.54, 1.807) is 23.1 Å². The highest BCUT2D eigenvalue weighted by atomic mass is 32.2. The van der Waals surface area contributed by atoms with Crippen LogP contribution in [-0.4, -0.2) is 36.9 Å². The molecule has 1 amide bonds. The molecule has 0 aliphatic heterocycles. The first kappa shape index (κ1) is 15.2. The normalized spacial score (nSPS) is 10.4. The maximum Gasteiger partial charge on any atom is 0.230 e. The predicted molar refractivity (Wildman–Crippen MR) is 86.0 cm³/mol. The zero-order valence-corrected chi connectivity index (χ0v) is 13.0. The Morgan fingerprint density at radius 3 is 2.83 bits per heavy atom. The number of hydrogen-bond donors (Lipinski definition) is 1. The standard InChI is InChI=1S/C15H14N6OS/c22-14(17-9-12-5-2-1-3-6-12)11-23-15-18-19-20-21(15)13-7-4-8-16-10-13/h1-8,10H,9,11H2,(H,17,22). The molecule has 23 heavy (non-hydrogen) atoms. The van der Waals surface area contributed by atoms with Gasteiger partial charge in [0, 0.05) is 12.7 Å². The Labute approximate surface area is 137 Å². The summed E-state index contributed by atoms with van der Waals surface area (Å²) in [6, 6.07) is 13.4. The van der Waals surface area contributed by atoms with Gasteiger partial charge in [-0.05, 0) is 28.1 Å². The Morgan fingerprint density at radius 1 is 1.17 bits per heavy atom. The number of rotatable bonds is 6. The first-order valence-electron chi connectivity index (χ1n) is 6.95. The molecule has 0 unspecified atom stereocenters. The second-order valence-electron chi connectivity index (χ2n) is 4.64. The van der Waals surface area contributed by atoms with E-state index in [-0.39, 0.29) is 11.7 Å². The lowest BCUT2D eigenvalue weighted by Gasteiger charge is -2.05. The lowest BCUT2D eigenvalue weighted by Crippen LogP contribution is -2.24. The minimum atomic E-state index is -0.0698. The molecule has 0 radical (unpaired) electrons. The molecule has 0 aliphatic rings. The van der Waals surface area contributed by atoms with Crippen molar-refractivity contribution in [1.29, 1.82) is 0 Å². The molecule has 116 valence electrons. The van der Waals surface area contributed by atoms with Crippen molar-refractivity contribution in [3.63, 3.8) is 0 Å². The van der Waals surface area contributed by atoms with Crippen molar-refractivity contribution in [2.24, 2.45) is 0 Å². The summed E-state index contributed by atoms with van der Waals surface area (Å²) >= 11 is 1.28. The molecular formula is C15H14N6OS. The van der Waals surface area contributed by atoms with Gasteiger partial charge < -0.3 is 5.32 Å². The minimum absolute atomic E-state index is 0.0698. The summed E-state index contributed by atoms with van der Waals surface area (Å²) in [7, 11) is 0. The highest BCUT2D eigenvalue weighted by Crippen LogP contribution is 2.17. The van der Waals surface area contributed by atoms with Crippen molar-refractivity contribution in [1.82, 2.24) is 30.5 Å². The number of amides is 1. The minimum Gasteiger partial charge on any atom is -0.351 e. The van der Waals surface area contributed by atoms with Gasteiger partial charge in [0.25, 0.3) is 0 Å². The van der Waals surface area contributed by atoms with Gasteiger partial charge in [0.1, 0.15) is 0 Å². The zero-order chi connectivity index (χ0) is 15.9. The molecule has 2 heterocycles. The molecule has 2 aromatic heterocycles. The van der Waals surface area contributed by atoms with Gasteiger partial charge >= 0.3 is 0 Å². The Balaban J connectivity index is 1.55. The molecule has 0 spiro atoms. The van der Waals surface area contributed by atoms with E-state index in [4.69, 9.17) is 0 Å². The van der Waals surface area contributed by atoms with Crippen LogP contribution in [0.5, 0.6) is 0 Å². The quantitative estimate of drug-likeness (QED) is 0.690. The predicted octanol–water partition coefficient (Wildman–Crippen LogP) is 1.47. The maximum absolute atomic E-state index is 11.9. The van der Waals surface area contributed by atoms with Gasteiger partial charge in [-0.15, -0.1) is 5.10 Å². The van der Waals surface area contributed by atoms with E-state index in [1.807, 2.05) is 36.4 Å². The van der Waals surface area contributed by atoms with E-state index in [0.717, 1.165) is 11.3 Å². The largest absolute Gasteiger partial charge is 0.351 e. The number of carbonyl (C=O) groups excluding carboxylic acids is 1. The van der Waals surface area contributed by atoms with Crippen LogP contribution in [0.15, 0.2) is 60.0 Å². The van der Waals surface area contributed by atoms with Crippen molar-refractivity contribution < 1.29 is 4.79 Å². The van der Waals surface area contributed by atoms with Crippen LogP contribution < -0.4 is 5.32 Å². The van der Waals surface area contributed by atoms with Crippen LogP contribution in [0, 0.1) is 0 Å². The molecular weight excluding hydrogens is 312 g/mol. The van der Waals surface area contributed by atoms with Crippen molar-refractivity contribution in [3.8, 4) is 5.69 Å². The SMILES string of the molecule is O=C(CSc1nnnn1-c1cccnc1)NCc1ccccc1. The maximum atomic E-state index is 11.9. The summed E-state index contributed by atoms with van der Waals surface area (Å²) < 4.78 is 1.56. The van der Waals surface area contributed by atoms with Crippen LogP contribution in [0.25, 0.3) is 5.69 Å². The van der Waals surface area contributed by atoms with Gasteiger partial charge in [0.15, 0.2) is 0 Å². The highest BCUT2D eigenvalue weighted by Gasteiger charge is 2.11. The lowest BCUT2D eigenvalue weighted by molar-refractivity contribution is -0.118. The summed E-state index contributed by atoms with van der Waals surface area (Å²) in [6.07, 6.45) is 3.34. The first-order valence-corrected chi connectivity index (χ1v) is 7.94. The van der Waals surface area contributed by atoms with Gasteiger partial charge in [-0.3, -0.25) is 9.78 Å². The van der Waals surface area contributed by atoms with Crippen molar-refractivity contribution in [2.75, 3.05) is 5.75 Å². The topological polar surface area (TPSA) is 85.6 Å². The molecule has 0 saturated heterocycles. The molecule has 8 heteroatoms. The van der Waals surface area contributed by atoms with Crippen LogP contribution in [-0.2, 0) is 11.3 Å². The van der Waals surface area contributed by atoms with E-state index in [1.165, 1.54) is 11.8 Å². The Morgan fingerprint density at radius 2 is 2.04 bits per heavy atom. The summed E-state index contributed by atoms with van der Waals surface area (Å²) in [5.41, 5.74) is 1.82. The van der Waals surface area contributed by atoms with Crippen LogP contribution in [0.3, 0.4) is 0 Å². The van der Waals surface area contributed by atoms with Crippen LogP contribution in [0.2, 0.25) is 0 Å². The monoisotopic (exact) mass is 326 g/mol. The molecule has 3 aromatic rings. The fraction of sp³-hybridized carbons (Fsp3) is 0.133. The molecule has 0 atom stereocenters. The fourth-order valence-corrected chi connectivity index (χ4v) is 2.61. The molecule has 0 saturated carbocycles. The third kappa shape index (κ3) is 4.13. The summed E-state index contributed by atoms with van der Waals surface area (Å²) in [4.78, 5) is 16.0. The van der Waals surface area contributed by atoms with E-state index in [0.29, 0.717) is 11.7 Å². The number of nitrogens with zero attached hydrogens (tertiary/aromatic N) is 5. The molecule has 0 fully saturated rings. The number of thioether (sulfide) groups is 1. The molecule has 0 aliphatic carbocycles. The van der Waals surface area contributed by atoms with Crippen molar-refractivity contribution in [2.45, 2.75) is 11.7 Å². The van der Waals surface area contributed by atoms with Gasteiger partial charge in [-0.1, -0.05) is 42.1 Å². The summed E-state index contributed by atoms with van der Waals surface area (Å²) in [5.74, 6) is 0.174. The summed E-state index contributed by atoms with van der Waals surface area (Å²) in [6.45, 7) is 0.508. The van der Waals surface area contributed by atoms with E-state index < -0.39 is 0 Å². The van der Waals surface area contributed by atoms with Gasteiger partial charge in [0.2, 0.25) is 11.1 Å². The number of aromatic nitrogens is 5. The Hall–Kier alpha value is -2.74. The van der Waals surface area contributed by atoms with Crippen molar-refractivity contribution in [3.05, 3.63) is 60.4 Å². The van der Waals surface area contributed by atoms with Crippen molar-refractivity contribution >= 4 is 17.7 Å². The number of hydrogen-bond acceptors (Lipinski definition) is 6. The van der Waals surface area contributed by atoms with Crippen LogP contribution in [0.1, 0.15) is 5.56 Å². The van der Waals surface area contributed by atoms with Gasteiger partial charge in [-0.2, -0.15) is 4.68 Å². The molecule has 3 rings (SSSR count). The molecule has 7 nitrogen and oxygen atoms in total. The van der Waals surface area contributed by atoms with Gasteiger partial charge in [-0.25, -0.2) is 0 Å². The van der Waals surface area contributed by atoms with E-state index >= 15 is 0 Å². The second kappa shape index (κ2) is 7.50. The highest BCUT2D eigenvalue weighted by molar-refractivity contribution is 7.99. The second-order valence-corrected chi connectivity index (χ2v) is 5.58. The third-order valence-corrected chi connectivity index (χ3v) is 3.92. The molecule has 1 aromatic carbocycles. The number of nitrogens with one attached hydrogen (secondary N) is 1. The number of pyridine rings is 1. The third-order valence-electron chi connectivity index (χ3n) is 3.00. The lowest BCUT2D eigenvalue weighted by atomic mass is 10.2. The van der Waals surface area contributed by atoms with E-state index in [2.05, 4.69) is 25.8 Å². The van der Waals surface area contributed by atoms with Gasteiger partial charge in [0.05, 0.1) is 17.6 Å². The first-order chi connectivity index (χ1) is 11.3. The summed E-state index contributed by atoms with van der Waals surface area (Å²) in [5, 5.41) is 14.9.